The molecule has 0 fully saturated rings. The summed E-state index contributed by atoms with van der Waals surface area (Å²) in [4.78, 5) is 91.2. The summed E-state index contributed by atoms with van der Waals surface area (Å²) in [5.74, 6) is -2.61. The summed E-state index contributed by atoms with van der Waals surface area (Å²) in [5, 5.41) is 24.8. The van der Waals surface area contributed by atoms with Gasteiger partial charge in [0.05, 0.1) is 82.2 Å². The monoisotopic (exact) mass is 1210 g/mol. The molecule has 0 saturated carbocycles. The van der Waals surface area contributed by atoms with Crippen LogP contribution in [0.2, 0.25) is 0 Å². The molecule has 6 amide bonds. The number of rotatable bonds is 20. The van der Waals surface area contributed by atoms with Gasteiger partial charge in [-0.05, 0) is 142 Å². The second-order valence-corrected chi connectivity index (χ2v) is 20.5. The van der Waals surface area contributed by atoms with Gasteiger partial charge in [0.1, 0.15) is 0 Å². The second-order valence-electron chi connectivity index (χ2n) is 20.5. The summed E-state index contributed by atoms with van der Waals surface area (Å²) in [5.41, 5.74) is 0.263. The summed E-state index contributed by atoms with van der Waals surface area (Å²) in [6.45, 7) is 6.38. The van der Waals surface area contributed by atoms with Crippen LogP contribution >= 0.6 is 0 Å². The Morgan fingerprint density at radius 3 is 1.25 bits per heavy atom. The quantitative estimate of drug-likeness (QED) is 0.0543. The Kier molecular flexibility index (Phi) is 19.9. The van der Waals surface area contributed by atoms with Gasteiger partial charge >= 0.3 is 36.4 Å². The van der Waals surface area contributed by atoms with Crippen molar-refractivity contribution >= 4 is 47.2 Å². The lowest BCUT2D eigenvalue weighted by Gasteiger charge is -2.43. The largest absolute Gasteiger partial charge is 0.463 e. The van der Waals surface area contributed by atoms with E-state index in [9.17, 15) is 65.6 Å². The first-order valence-electron chi connectivity index (χ1n) is 27.7. The van der Waals surface area contributed by atoms with Crippen LogP contribution in [0.15, 0.2) is 168 Å². The number of likely N-dealkylation sites (N-methyl/N-ethyl adjacent to an activating group) is 1. The fourth-order valence-corrected chi connectivity index (χ4v) is 10.4. The number of hydrogen-bond donors (Lipinski definition) is 2. The maximum absolute atomic E-state index is 14.8. The molecule has 2 aliphatic heterocycles. The van der Waals surface area contributed by atoms with Crippen LogP contribution in [0.3, 0.4) is 0 Å². The van der Waals surface area contributed by atoms with Gasteiger partial charge in [0, 0.05) is 61.8 Å². The Morgan fingerprint density at radius 1 is 0.545 bits per heavy atom. The first-order chi connectivity index (χ1) is 42.0. The molecule has 0 aliphatic carbocycles. The standard InChI is InChI=1S/C65H59F6N9O8/c1-6-87-60(83)54-40(3)79(52-18-10-16-50(34-52)64(66,67)68)62(85)77(56(54)46-24-20-42(36-72)21-25-46)38-44-12-8-14-48(32-44)58(81)74-28-30-76(5)31-29-75-59(82)49-15-9-13-45(33-49)39-78-57(47-26-22-43(37-73)23-27-47)55(61(84)88-7-2)41(4)80(63(78)86)53-19-11-17-51(35-53)65(69,70)71/h8-27,32-35,56-57H,6-7,28-31,38-39H2,1-5H3,(H,74,81)(H,75,82). The highest BCUT2D eigenvalue weighted by Gasteiger charge is 2.46. The lowest BCUT2D eigenvalue weighted by Crippen LogP contribution is -2.50. The summed E-state index contributed by atoms with van der Waals surface area (Å²) in [6, 6.07) is 33.5. The average Bonchev–Trinajstić information content (AvgIpc) is 0.795. The van der Waals surface area contributed by atoms with E-state index in [2.05, 4.69) is 10.6 Å². The van der Waals surface area contributed by atoms with E-state index in [1.165, 1.54) is 60.0 Å². The first-order valence-corrected chi connectivity index (χ1v) is 27.7. The van der Waals surface area contributed by atoms with E-state index < -0.39 is 71.4 Å². The molecule has 0 saturated heterocycles. The number of alkyl halides is 6. The van der Waals surface area contributed by atoms with Crippen molar-refractivity contribution in [1.29, 1.82) is 10.5 Å². The van der Waals surface area contributed by atoms with Crippen LogP contribution in [0.1, 0.15) is 105 Å². The number of benzene rings is 6. The van der Waals surface area contributed by atoms with Gasteiger partial charge in [-0.15, -0.1) is 0 Å². The summed E-state index contributed by atoms with van der Waals surface area (Å²) < 4.78 is 95.0. The van der Waals surface area contributed by atoms with Gasteiger partial charge < -0.3 is 34.8 Å². The van der Waals surface area contributed by atoms with Crippen molar-refractivity contribution in [2.45, 2.75) is 65.2 Å². The fourth-order valence-electron chi connectivity index (χ4n) is 10.4. The van der Waals surface area contributed by atoms with Crippen LogP contribution in [0.4, 0.5) is 47.3 Å². The molecule has 2 unspecified atom stereocenters. The lowest BCUT2D eigenvalue weighted by atomic mass is 9.91. The van der Waals surface area contributed by atoms with Gasteiger partial charge in [-0.3, -0.25) is 19.4 Å². The fraction of sp³-hybridized carbons (Fsp3) is 0.262. The van der Waals surface area contributed by atoms with Gasteiger partial charge in [0.15, 0.2) is 0 Å². The molecular formula is C65H59F6N9O8. The third-order valence-corrected chi connectivity index (χ3v) is 14.7. The Bertz CT molecular complexity index is 3550. The number of urea groups is 2. The zero-order valence-corrected chi connectivity index (χ0v) is 48.3. The number of halogens is 6. The molecule has 0 aromatic heterocycles. The molecule has 88 heavy (non-hydrogen) atoms. The van der Waals surface area contributed by atoms with E-state index in [1.54, 1.807) is 93.7 Å². The van der Waals surface area contributed by atoms with Crippen LogP contribution in [0, 0.1) is 22.7 Å². The number of allylic oxidation sites excluding steroid dienone is 2. The normalized spacial score (nSPS) is 15.5. The van der Waals surface area contributed by atoms with Crippen LogP contribution in [-0.2, 0) is 44.5 Å². The third kappa shape index (κ3) is 14.3. The van der Waals surface area contributed by atoms with Crippen LogP contribution in [0.25, 0.3) is 0 Å². The van der Waals surface area contributed by atoms with Gasteiger partial charge in [-0.25, -0.2) is 19.2 Å². The highest BCUT2D eigenvalue weighted by molar-refractivity contribution is 6.05. The molecule has 6 aromatic rings. The zero-order chi connectivity index (χ0) is 63.6. The second kappa shape index (κ2) is 27.4. The first kappa shape index (κ1) is 63.8. The van der Waals surface area contributed by atoms with E-state index >= 15 is 0 Å². The Morgan fingerprint density at radius 2 is 0.909 bits per heavy atom. The van der Waals surface area contributed by atoms with E-state index in [4.69, 9.17) is 9.47 Å². The number of ether oxygens (including phenoxy) is 2. The van der Waals surface area contributed by atoms with Gasteiger partial charge in [0.25, 0.3) is 11.8 Å². The summed E-state index contributed by atoms with van der Waals surface area (Å²) >= 11 is 0. The number of carbonyl (C=O) groups is 6. The van der Waals surface area contributed by atoms with Crippen molar-refractivity contribution < 1.29 is 64.6 Å². The number of nitriles is 2. The minimum atomic E-state index is -4.76. The number of carbonyl (C=O) groups excluding carboxylic acids is 6. The molecule has 2 heterocycles. The molecule has 2 aliphatic rings. The number of nitrogens with zero attached hydrogens (tertiary/aromatic N) is 7. The van der Waals surface area contributed by atoms with Crippen molar-refractivity contribution in [2.24, 2.45) is 0 Å². The number of amides is 6. The van der Waals surface area contributed by atoms with E-state index in [-0.39, 0.29) is 84.4 Å². The predicted octanol–water partition coefficient (Wildman–Crippen LogP) is 11.6. The third-order valence-electron chi connectivity index (χ3n) is 14.7. The Balaban J connectivity index is 0.937. The maximum Gasteiger partial charge on any atom is 0.416 e. The van der Waals surface area contributed by atoms with Gasteiger partial charge in [-0.1, -0.05) is 60.7 Å². The molecule has 0 bridgehead atoms. The number of anilines is 2. The topological polar surface area (TPSA) is 209 Å². The molecule has 0 radical (unpaired) electrons. The van der Waals surface area contributed by atoms with Crippen molar-refractivity contribution in [1.82, 2.24) is 25.3 Å². The molecule has 2 atom stereocenters. The van der Waals surface area contributed by atoms with E-state index in [1.807, 2.05) is 17.0 Å². The minimum Gasteiger partial charge on any atom is -0.463 e. The highest BCUT2D eigenvalue weighted by Crippen LogP contribution is 2.44. The summed E-state index contributed by atoms with van der Waals surface area (Å²) in [6.07, 6.45) is -9.51. The maximum atomic E-state index is 14.8. The molecular weight excluding hydrogens is 1150 g/mol. The highest BCUT2D eigenvalue weighted by atomic mass is 19.4. The van der Waals surface area contributed by atoms with Gasteiger partial charge in [-0.2, -0.15) is 36.9 Å². The van der Waals surface area contributed by atoms with Crippen molar-refractivity contribution in [3.05, 3.63) is 224 Å². The molecule has 454 valence electrons. The smallest absolute Gasteiger partial charge is 0.416 e. The number of esters is 2. The molecule has 8 rings (SSSR count). The molecule has 0 spiro atoms. The van der Waals surface area contributed by atoms with Crippen molar-refractivity contribution in [2.75, 3.05) is 56.2 Å². The van der Waals surface area contributed by atoms with E-state index in [0.717, 1.165) is 46.2 Å². The predicted molar refractivity (Wildman–Crippen MR) is 311 cm³/mol. The minimum absolute atomic E-state index is 0.0266. The van der Waals surface area contributed by atoms with Gasteiger partial charge in [0.2, 0.25) is 0 Å². The molecule has 2 N–H and O–H groups in total. The summed E-state index contributed by atoms with van der Waals surface area (Å²) in [7, 11) is 1.77. The molecule has 23 heteroatoms. The van der Waals surface area contributed by atoms with Crippen LogP contribution in [0.5, 0.6) is 0 Å². The molecule has 6 aromatic carbocycles. The van der Waals surface area contributed by atoms with E-state index in [0.29, 0.717) is 46.5 Å². The van der Waals surface area contributed by atoms with Crippen LogP contribution < -0.4 is 20.4 Å². The number of nitrogens with one attached hydrogen (secondary N) is 2. The SMILES string of the molecule is CCOC(=O)C1=C(C)N(c2cccc(C(F)(F)F)c2)C(=O)N(Cc2cccc(C(=O)NCCN(C)CCNC(=O)c3cccc(CN4C(=O)N(c5cccc(C(F)(F)F)c5)C(C)=C(C(=O)OCC)C4c4ccc(C#N)cc4)c3)c2)C1c1ccc(C#N)cc1. The Labute approximate surface area is 503 Å². The lowest BCUT2D eigenvalue weighted by molar-refractivity contribution is -0.140. The number of hydrogen-bond acceptors (Lipinski definition) is 11. The van der Waals surface area contributed by atoms with Crippen molar-refractivity contribution in [3.8, 4) is 12.1 Å². The van der Waals surface area contributed by atoms with Crippen LogP contribution in [-0.4, -0.2) is 97.0 Å². The molecule has 17 nitrogen and oxygen atoms in total. The average molecular weight is 1210 g/mol. The zero-order valence-electron chi connectivity index (χ0n) is 48.3. The van der Waals surface area contributed by atoms with Crippen molar-refractivity contribution in [3.63, 3.8) is 0 Å². The Hall–Kier alpha value is -10.3.